The molecule has 0 amide bonds. The third kappa shape index (κ3) is 2.69. The summed E-state index contributed by atoms with van der Waals surface area (Å²) in [6.45, 7) is 0. The average molecular weight is 293 g/mol. The Kier molecular flexibility index (Phi) is 3.70. The van der Waals surface area contributed by atoms with Crippen LogP contribution in [0, 0.1) is 11.3 Å². The van der Waals surface area contributed by atoms with Gasteiger partial charge in [-0.1, -0.05) is 28.1 Å². The highest BCUT2D eigenvalue weighted by Crippen LogP contribution is 2.24. The van der Waals surface area contributed by atoms with Gasteiger partial charge in [0.2, 0.25) is 0 Å². The first-order valence-corrected chi connectivity index (χ1v) is 6.54. The number of rotatable bonds is 3. The molecule has 1 heterocycles. The molecular weight excluding hydrogens is 284 g/mol. The summed E-state index contributed by atoms with van der Waals surface area (Å²) in [5, 5.41) is 11.6. The Labute approximate surface area is 107 Å². The Hall–Kier alpha value is -1.18. The molecule has 16 heavy (non-hydrogen) atoms. The van der Waals surface area contributed by atoms with Crippen LogP contribution in [0.15, 0.2) is 34.1 Å². The van der Waals surface area contributed by atoms with Gasteiger partial charge >= 0.3 is 0 Å². The normalized spacial score (nSPS) is 10.0. The van der Waals surface area contributed by atoms with Crippen molar-refractivity contribution < 1.29 is 0 Å². The van der Waals surface area contributed by atoms with Crippen LogP contribution in [0.25, 0.3) is 11.3 Å². The number of hydrogen-bond acceptors (Lipinski definition) is 3. The minimum absolute atomic E-state index is 0.533. The van der Waals surface area contributed by atoms with Crippen molar-refractivity contribution in [2.75, 3.05) is 0 Å². The Morgan fingerprint density at radius 3 is 3.06 bits per heavy atom. The van der Waals surface area contributed by atoms with E-state index in [2.05, 4.69) is 27.0 Å². The monoisotopic (exact) mass is 292 g/mol. The molecular formula is C12H9BrN2S. The first-order chi connectivity index (χ1) is 7.79. The van der Waals surface area contributed by atoms with Crippen molar-refractivity contribution in [3.63, 3.8) is 0 Å². The Bertz CT molecular complexity index is 528. The second kappa shape index (κ2) is 5.24. The average Bonchev–Trinajstić information content (AvgIpc) is 2.75. The fourth-order valence-corrected chi connectivity index (χ4v) is 2.58. The van der Waals surface area contributed by atoms with Crippen molar-refractivity contribution in [3.05, 3.63) is 39.1 Å². The summed E-state index contributed by atoms with van der Waals surface area (Å²) < 4.78 is 1.05. The van der Waals surface area contributed by atoms with Crippen molar-refractivity contribution in [2.24, 2.45) is 0 Å². The lowest BCUT2D eigenvalue weighted by Crippen LogP contribution is -1.83. The van der Waals surface area contributed by atoms with Gasteiger partial charge in [0, 0.05) is 28.3 Å². The molecule has 0 atom stereocenters. The lowest BCUT2D eigenvalue weighted by molar-refractivity contribution is 0.991. The van der Waals surface area contributed by atoms with Gasteiger partial charge in [-0.3, -0.25) is 0 Å². The van der Waals surface area contributed by atoms with Crippen molar-refractivity contribution in [1.29, 1.82) is 5.26 Å². The van der Waals surface area contributed by atoms with Crippen LogP contribution in [-0.2, 0) is 6.42 Å². The Balaban J connectivity index is 2.22. The molecule has 0 aliphatic heterocycles. The standard InChI is InChI=1S/C12H9BrN2S/c13-10-4-1-3-9(7-10)11-8-16-12(15-11)5-2-6-14/h1,3-4,7-8H,2,5H2. The summed E-state index contributed by atoms with van der Waals surface area (Å²) >= 11 is 5.05. The number of aromatic nitrogens is 1. The number of benzene rings is 1. The molecule has 0 unspecified atom stereocenters. The van der Waals surface area contributed by atoms with Crippen LogP contribution in [-0.4, -0.2) is 4.98 Å². The van der Waals surface area contributed by atoms with Gasteiger partial charge in [-0.05, 0) is 12.1 Å². The van der Waals surface area contributed by atoms with Gasteiger partial charge in [-0.25, -0.2) is 4.98 Å². The van der Waals surface area contributed by atoms with E-state index >= 15 is 0 Å². The van der Waals surface area contributed by atoms with E-state index in [0.717, 1.165) is 27.2 Å². The summed E-state index contributed by atoms with van der Waals surface area (Å²) in [6.07, 6.45) is 1.28. The van der Waals surface area contributed by atoms with Crippen LogP contribution in [0.3, 0.4) is 0 Å². The van der Waals surface area contributed by atoms with Crippen LogP contribution < -0.4 is 0 Å². The topological polar surface area (TPSA) is 36.7 Å². The van der Waals surface area contributed by atoms with Crippen molar-refractivity contribution in [2.45, 2.75) is 12.8 Å². The maximum Gasteiger partial charge on any atom is 0.0942 e. The van der Waals surface area contributed by atoms with Crippen LogP contribution in [0.5, 0.6) is 0 Å². The lowest BCUT2D eigenvalue weighted by atomic mass is 10.2. The largest absolute Gasteiger partial charge is 0.241 e. The summed E-state index contributed by atoms with van der Waals surface area (Å²) in [5.74, 6) is 0. The molecule has 80 valence electrons. The van der Waals surface area contributed by atoms with Gasteiger partial charge in [-0.15, -0.1) is 11.3 Å². The van der Waals surface area contributed by atoms with Crippen LogP contribution in [0.4, 0.5) is 0 Å². The highest BCUT2D eigenvalue weighted by molar-refractivity contribution is 9.10. The van der Waals surface area contributed by atoms with Crippen LogP contribution >= 0.6 is 27.3 Å². The number of nitriles is 1. The summed E-state index contributed by atoms with van der Waals surface area (Å²) in [4.78, 5) is 4.51. The van der Waals surface area contributed by atoms with Gasteiger partial charge < -0.3 is 0 Å². The van der Waals surface area contributed by atoms with E-state index in [0.29, 0.717) is 6.42 Å². The van der Waals surface area contributed by atoms with Gasteiger partial charge in [0.25, 0.3) is 0 Å². The highest BCUT2D eigenvalue weighted by Gasteiger charge is 2.04. The molecule has 0 spiro atoms. The minimum atomic E-state index is 0.533. The predicted octanol–water partition coefficient (Wildman–Crippen LogP) is 4.03. The van der Waals surface area contributed by atoms with E-state index in [4.69, 9.17) is 5.26 Å². The number of nitrogens with zero attached hydrogens (tertiary/aromatic N) is 2. The molecule has 2 nitrogen and oxygen atoms in total. The van der Waals surface area contributed by atoms with Crippen LogP contribution in [0.2, 0.25) is 0 Å². The maximum atomic E-state index is 8.51. The fourth-order valence-electron chi connectivity index (χ4n) is 1.37. The zero-order chi connectivity index (χ0) is 11.4. The number of thiazole rings is 1. The van der Waals surface area contributed by atoms with Gasteiger partial charge in [0.1, 0.15) is 0 Å². The third-order valence-corrected chi connectivity index (χ3v) is 3.52. The number of hydrogen-bond donors (Lipinski definition) is 0. The van der Waals surface area contributed by atoms with Gasteiger partial charge in [0.15, 0.2) is 0 Å². The van der Waals surface area contributed by atoms with E-state index in [1.54, 1.807) is 11.3 Å². The van der Waals surface area contributed by atoms with Gasteiger partial charge in [-0.2, -0.15) is 5.26 Å². The minimum Gasteiger partial charge on any atom is -0.241 e. The molecule has 0 saturated carbocycles. The highest BCUT2D eigenvalue weighted by atomic mass is 79.9. The van der Waals surface area contributed by atoms with E-state index in [1.165, 1.54) is 0 Å². The first kappa shape index (κ1) is 11.3. The SMILES string of the molecule is N#CCCc1nc(-c2cccc(Br)c2)cs1. The lowest BCUT2D eigenvalue weighted by Gasteiger charge is -1.96. The summed E-state index contributed by atoms with van der Waals surface area (Å²) in [6, 6.07) is 10.2. The Morgan fingerprint density at radius 2 is 2.31 bits per heavy atom. The van der Waals surface area contributed by atoms with E-state index in [1.807, 2.05) is 29.6 Å². The van der Waals surface area contributed by atoms with Crippen LogP contribution in [0.1, 0.15) is 11.4 Å². The predicted molar refractivity (Wildman–Crippen MR) is 69.2 cm³/mol. The Morgan fingerprint density at radius 1 is 1.44 bits per heavy atom. The summed E-state index contributed by atoms with van der Waals surface area (Å²) in [5.41, 5.74) is 2.09. The fraction of sp³-hybridized carbons (Fsp3) is 0.167. The number of aryl methyl sites for hydroxylation is 1. The molecule has 4 heteroatoms. The number of halogens is 1. The molecule has 0 bridgehead atoms. The van der Waals surface area contributed by atoms with Crippen molar-refractivity contribution in [3.8, 4) is 17.3 Å². The molecule has 1 aromatic carbocycles. The molecule has 0 aliphatic rings. The zero-order valence-corrected chi connectivity index (χ0v) is 10.9. The van der Waals surface area contributed by atoms with E-state index in [-0.39, 0.29) is 0 Å². The van der Waals surface area contributed by atoms with E-state index in [9.17, 15) is 0 Å². The molecule has 0 saturated heterocycles. The second-order valence-corrected chi connectivity index (χ2v) is 5.15. The van der Waals surface area contributed by atoms with Crippen molar-refractivity contribution in [1.82, 2.24) is 4.98 Å². The van der Waals surface area contributed by atoms with Crippen molar-refractivity contribution >= 4 is 27.3 Å². The molecule has 1 aromatic heterocycles. The smallest absolute Gasteiger partial charge is 0.0942 e. The molecule has 0 aliphatic carbocycles. The molecule has 2 rings (SSSR count). The third-order valence-electron chi connectivity index (χ3n) is 2.12. The molecule has 2 aromatic rings. The second-order valence-electron chi connectivity index (χ2n) is 3.29. The maximum absolute atomic E-state index is 8.51. The van der Waals surface area contributed by atoms with E-state index < -0.39 is 0 Å². The zero-order valence-electron chi connectivity index (χ0n) is 8.48. The molecule has 0 fully saturated rings. The van der Waals surface area contributed by atoms with Gasteiger partial charge in [0.05, 0.1) is 16.8 Å². The summed E-state index contributed by atoms with van der Waals surface area (Å²) in [7, 11) is 0. The first-order valence-electron chi connectivity index (χ1n) is 4.87. The molecule has 0 N–H and O–H groups in total. The molecule has 0 radical (unpaired) electrons. The quantitative estimate of drug-likeness (QED) is 0.856.